The van der Waals surface area contributed by atoms with Gasteiger partial charge < -0.3 is 13.9 Å². The van der Waals surface area contributed by atoms with Crippen LogP contribution in [0, 0.1) is 6.92 Å². The van der Waals surface area contributed by atoms with Crippen LogP contribution >= 0.6 is 0 Å². The summed E-state index contributed by atoms with van der Waals surface area (Å²) in [7, 11) is 1.66. The smallest absolute Gasteiger partial charge is 0.338 e. The lowest BCUT2D eigenvalue weighted by molar-refractivity contribution is 0.0525. The second kappa shape index (κ2) is 6.43. The van der Waals surface area contributed by atoms with Gasteiger partial charge in [-0.25, -0.2) is 4.79 Å². The van der Waals surface area contributed by atoms with E-state index in [-0.39, 0.29) is 29.8 Å². The number of aryl methyl sites for hydroxylation is 2. The Morgan fingerprint density at radius 3 is 2.59 bits per heavy atom. The fourth-order valence-corrected chi connectivity index (χ4v) is 2.12. The minimum Gasteiger partial charge on any atom is -0.462 e. The largest absolute Gasteiger partial charge is 0.462 e. The molecule has 0 spiro atoms. The molecule has 0 N–H and O–H groups in total. The number of rotatable bonds is 4. The molecular weight excluding hydrogens is 284 g/mol. The van der Waals surface area contributed by atoms with Crippen LogP contribution in [0.1, 0.15) is 28.4 Å². The minimum atomic E-state index is -0.502. The van der Waals surface area contributed by atoms with E-state index in [2.05, 4.69) is 0 Å². The summed E-state index contributed by atoms with van der Waals surface area (Å²) in [6.07, 6.45) is 3.26. The quantitative estimate of drug-likeness (QED) is 0.792. The zero-order valence-corrected chi connectivity index (χ0v) is 12.8. The van der Waals surface area contributed by atoms with Gasteiger partial charge in [0.15, 0.2) is 0 Å². The first-order valence-corrected chi connectivity index (χ1v) is 6.96. The fraction of sp³-hybridized carbons (Fsp3) is 0.312. The van der Waals surface area contributed by atoms with Crippen molar-refractivity contribution in [1.82, 2.24) is 9.13 Å². The molecule has 0 aliphatic rings. The molecule has 0 atom stereocenters. The number of hydrogen-bond donors (Lipinski definition) is 0. The maximum atomic E-state index is 12.1. The van der Waals surface area contributed by atoms with Crippen LogP contribution in [-0.2, 0) is 18.3 Å². The molecule has 0 bridgehead atoms. The molecule has 2 aromatic rings. The zero-order chi connectivity index (χ0) is 16.3. The molecule has 2 heterocycles. The molecule has 2 aromatic heterocycles. The molecule has 0 aromatic carbocycles. The lowest BCUT2D eigenvalue weighted by atomic mass is 10.1. The molecule has 0 aliphatic heterocycles. The van der Waals surface area contributed by atoms with Crippen molar-refractivity contribution < 1.29 is 9.53 Å². The minimum absolute atomic E-state index is 0.134. The van der Waals surface area contributed by atoms with Crippen LogP contribution in [0.2, 0.25) is 0 Å². The van der Waals surface area contributed by atoms with Gasteiger partial charge in [0.2, 0.25) is 0 Å². The molecule has 0 amide bonds. The monoisotopic (exact) mass is 302 g/mol. The number of carbonyl (C=O) groups is 1. The normalized spacial score (nSPS) is 10.5. The van der Waals surface area contributed by atoms with Crippen LogP contribution < -0.4 is 11.1 Å². The average Bonchev–Trinajstić information content (AvgIpc) is 2.46. The van der Waals surface area contributed by atoms with Crippen LogP contribution in [0.25, 0.3) is 0 Å². The number of esters is 1. The summed E-state index contributed by atoms with van der Waals surface area (Å²) >= 11 is 0. The second-order valence-electron chi connectivity index (χ2n) is 5.04. The molecule has 0 saturated heterocycles. The Kier molecular flexibility index (Phi) is 4.60. The number of pyridine rings is 2. The van der Waals surface area contributed by atoms with Crippen molar-refractivity contribution in [1.29, 1.82) is 0 Å². The highest BCUT2D eigenvalue weighted by molar-refractivity contribution is 5.90. The van der Waals surface area contributed by atoms with E-state index >= 15 is 0 Å². The van der Waals surface area contributed by atoms with Gasteiger partial charge in [0, 0.05) is 31.6 Å². The predicted octanol–water partition coefficient (Wildman–Crippen LogP) is 1.08. The van der Waals surface area contributed by atoms with Crippen molar-refractivity contribution >= 4 is 5.97 Å². The molecule has 6 heteroatoms. The third-order valence-corrected chi connectivity index (χ3v) is 3.34. The van der Waals surface area contributed by atoms with Gasteiger partial charge in [-0.15, -0.1) is 0 Å². The maximum absolute atomic E-state index is 12.1. The summed E-state index contributed by atoms with van der Waals surface area (Å²) in [4.78, 5) is 35.5. The van der Waals surface area contributed by atoms with Crippen molar-refractivity contribution in [3.63, 3.8) is 0 Å². The molecule has 2 rings (SSSR count). The third kappa shape index (κ3) is 3.33. The highest BCUT2D eigenvalue weighted by Crippen LogP contribution is 2.07. The standard InChI is InChI=1S/C16H18N2O4/c1-4-22-16(21)13-8-15(20)18(9-11(13)2)10-12-5-6-17(3)14(19)7-12/h5-9H,4,10H2,1-3H3. The molecular formula is C16H18N2O4. The molecule has 0 aliphatic carbocycles. The van der Waals surface area contributed by atoms with Gasteiger partial charge in [0.05, 0.1) is 18.7 Å². The third-order valence-electron chi connectivity index (χ3n) is 3.34. The van der Waals surface area contributed by atoms with Crippen molar-refractivity contribution in [2.45, 2.75) is 20.4 Å². The van der Waals surface area contributed by atoms with Gasteiger partial charge in [-0.3, -0.25) is 9.59 Å². The van der Waals surface area contributed by atoms with Crippen LogP contribution in [0.15, 0.2) is 40.2 Å². The molecule has 0 fully saturated rings. The first-order chi connectivity index (χ1) is 10.4. The van der Waals surface area contributed by atoms with E-state index in [0.29, 0.717) is 5.56 Å². The first-order valence-electron chi connectivity index (χ1n) is 6.96. The summed E-state index contributed by atoms with van der Waals surface area (Å²) in [5.41, 5.74) is 1.21. The summed E-state index contributed by atoms with van der Waals surface area (Å²) in [6.45, 7) is 3.99. The Bertz CT molecular complexity index is 818. The van der Waals surface area contributed by atoms with Crippen LogP contribution in [-0.4, -0.2) is 21.7 Å². The van der Waals surface area contributed by atoms with E-state index in [1.54, 1.807) is 39.4 Å². The molecule has 22 heavy (non-hydrogen) atoms. The van der Waals surface area contributed by atoms with Crippen molar-refractivity contribution in [2.75, 3.05) is 6.61 Å². The SMILES string of the molecule is CCOC(=O)c1cc(=O)n(Cc2ccn(C)c(=O)c2)cc1C. The second-order valence-corrected chi connectivity index (χ2v) is 5.04. The molecule has 0 radical (unpaired) electrons. The number of ether oxygens (including phenoxy) is 1. The van der Waals surface area contributed by atoms with E-state index in [0.717, 1.165) is 5.56 Å². The van der Waals surface area contributed by atoms with E-state index in [1.165, 1.54) is 21.3 Å². The highest BCUT2D eigenvalue weighted by atomic mass is 16.5. The van der Waals surface area contributed by atoms with Crippen LogP contribution in [0.5, 0.6) is 0 Å². The number of aromatic nitrogens is 2. The number of hydrogen-bond acceptors (Lipinski definition) is 4. The van der Waals surface area contributed by atoms with Gasteiger partial charge in [0.25, 0.3) is 11.1 Å². The molecule has 6 nitrogen and oxygen atoms in total. The lowest BCUT2D eigenvalue weighted by Gasteiger charge is -2.10. The predicted molar refractivity (Wildman–Crippen MR) is 82.2 cm³/mol. The molecule has 116 valence electrons. The van der Waals surface area contributed by atoms with Crippen LogP contribution in [0.4, 0.5) is 0 Å². The Morgan fingerprint density at radius 1 is 1.23 bits per heavy atom. The highest BCUT2D eigenvalue weighted by Gasteiger charge is 2.12. The van der Waals surface area contributed by atoms with Crippen molar-refractivity contribution in [3.05, 3.63) is 68.0 Å². The summed E-state index contributed by atoms with van der Waals surface area (Å²) in [6, 6.07) is 4.54. The van der Waals surface area contributed by atoms with E-state index in [1.807, 2.05) is 0 Å². The zero-order valence-electron chi connectivity index (χ0n) is 12.8. The average molecular weight is 302 g/mol. The van der Waals surface area contributed by atoms with Crippen LogP contribution in [0.3, 0.4) is 0 Å². The topological polar surface area (TPSA) is 70.3 Å². The van der Waals surface area contributed by atoms with Crippen molar-refractivity contribution in [2.24, 2.45) is 7.05 Å². The molecule has 0 saturated carbocycles. The summed E-state index contributed by atoms with van der Waals surface area (Å²) < 4.78 is 7.84. The molecule has 0 unspecified atom stereocenters. The van der Waals surface area contributed by atoms with E-state index in [9.17, 15) is 14.4 Å². The Labute approximate surface area is 127 Å². The van der Waals surface area contributed by atoms with Gasteiger partial charge in [-0.05, 0) is 31.0 Å². The Balaban J connectivity index is 2.35. The number of carbonyl (C=O) groups excluding carboxylic acids is 1. The lowest BCUT2D eigenvalue weighted by Crippen LogP contribution is -2.24. The maximum Gasteiger partial charge on any atom is 0.338 e. The summed E-state index contributed by atoms with van der Waals surface area (Å²) in [5, 5.41) is 0. The Morgan fingerprint density at radius 2 is 1.95 bits per heavy atom. The number of nitrogens with zero attached hydrogens (tertiary/aromatic N) is 2. The first kappa shape index (κ1) is 15.8. The van der Waals surface area contributed by atoms with Gasteiger partial charge in [-0.1, -0.05) is 0 Å². The van der Waals surface area contributed by atoms with E-state index in [4.69, 9.17) is 4.74 Å². The van der Waals surface area contributed by atoms with Gasteiger partial charge in [-0.2, -0.15) is 0 Å². The summed E-state index contributed by atoms with van der Waals surface area (Å²) in [5.74, 6) is -0.502. The Hall–Kier alpha value is -2.63. The van der Waals surface area contributed by atoms with Gasteiger partial charge >= 0.3 is 5.97 Å². The van der Waals surface area contributed by atoms with E-state index < -0.39 is 5.97 Å². The van der Waals surface area contributed by atoms with Gasteiger partial charge in [0.1, 0.15) is 0 Å². The van der Waals surface area contributed by atoms with Crippen molar-refractivity contribution in [3.8, 4) is 0 Å². The fourth-order valence-electron chi connectivity index (χ4n) is 2.12.